The highest BCUT2D eigenvalue weighted by atomic mass is 32.1. The summed E-state index contributed by atoms with van der Waals surface area (Å²) in [6.07, 6.45) is 3.10. The zero-order valence-electron chi connectivity index (χ0n) is 14.1. The van der Waals surface area contributed by atoms with E-state index in [0.29, 0.717) is 17.4 Å². The summed E-state index contributed by atoms with van der Waals surface area (Å²) in [6, 6.07) is 13.3. The van der Waals surface area contributed by atoms with Crippen molar-refractivity contribution in [2.24, 2.45) is 0 Å². The van der Waals surface area contributed by atoms with Crippen molar-refractivity contribution in [3.8, 4) is 0 Å². The summed E-state index contributed by atoms with van der Waals surface area (Å²) in [5.74, 6) is -0.297. The summed E-state index contributed by atoms with van der Waals surface area (Å²) in [5, 5.41) is 7.19. The number of hydrogen-bond donors (Lipinski definition) is 1. The first-order chi connectivity index (χ1) is 12.6. The first-order valence-corrected chi connectivity index (χ1v) is 9.69. The molecule has 2 heterocycles. The Bertz CT molecular complexity index is 902. The highest BCUT2D eigenvalue weighted by Gasteiger charge is 2.17. The molecule has 5 nitrogen and oxygen atoms in total. The van der Waals surface area contributed by atoms with Gasteiger partial charge in [0, 0.05) is 23.3 Å². The Morgan fingerprint density at radius 3 is 2.65 bits per heavy atom. The maximum Gasteiger partial charge on any atom is 0.244 e. The van der Waals surface area contributed by atoms with E-state index >= 15 is 0 Å². The number of para-hydroxylation sites is 1. The van der Waals surface area contributed by atoms with Crippen LogP contribution in [0.4, 0.5) is 10.8 Å². The Labute approximate surface area is 159 Å². The molecule has 3 rings (SSSR count). The van der Waals surface area contributed by atoms with Gasteiger partial charge >= 0.3 is 0 Å². The minimum atomic E-state index is -0.181. The molecule has 1 aromatic carbocycles. The largest absolute Gasteiger partial charge is 0.348 e. The highest BCUT2D eigenvalue weighted by Crippen LogP contribution is 2.28. The van der Waals surface area contributed by atoms with Crippen molar-refractivity contribution in [3.63, 3.8) is 0 Å². The van der Waals surface area contributed by atoms with Crippen molar-refractivity contribution in [2.45, 2.75) is 13.5 Å². The standard InChI is InChI=1S/C19H17N3O2S2/c1-14(23)22(16-6-3-2-4-7-16)19-21-15(13-26-19)9-10-18(24)20-12-17-8-5-11-25-17/h2-11,13H,12H2,1H3,(H,20,24)/b10-9+. The van der Waals surface area contributed by atoms with Crippen LogP contribution in [-0.4, -0.2) is 16.8 Å². The lowest BCUT2D eigenvalue weighted by Crippen LogP contribution is -2.22. The number of anilines is 2. The van der Waals surface area contributed by atoms with Crippen LogP contribution in [0, 0.1) is 0 Å². The Morgan fingerprint density at radius 2 is 1.96 bits per heavy atom. The summed E-state index contributed by atoms with van der Waals surface area (Å²) < 4.78 is 0. The van der Waals surface area contributed by atoms with Gasteiger partial charge in [0.1, 0.15) is 0 Å². The van der Waals surface area contributed by atoms with Crippen molar-refractivity contribution in [3.05, 3.63) is 69.9 Å². The second-order valence-corrected chi connectivity index (χ2v) is 7.24. The van der Waals surface area contributed by atoms with Crippen LogP contribution in [0.15, 0.2) is 59.3 Å². The predicted octanol–water partition coefficient (Wildman–Crippen LogP) is 4.22. The average molecular weight is 383 g/mol. The van der Waals surface area contributed by atoms with Crippen molar-refractivity contribution in [1.82, 2.24) is 10.3 Å². The number of thiophene rings is 1. The zero-order valence-corrected chi connectivity index (χ0v) is 15.7. The van der Waals surface area contributed by atoms with Gasteiger partial charge in [0.15, 0.2) is 5.13 Å². The second-order valence-electron chi connectivity index (χ2n) is 5.38. The van der Waals surface area contributed by atoms with Gasteiger partial charge in [-0.25, -0.2) is 4.98 Å². The normalized spacial score (nSPS) is 10.8. The lowest BCUT2D eigenvalue weighted by atomic mass is 10.3. The Hall–Kier alpha value is -2.77. The monoisotopic (exact) mass is 383 g/mol. The van der Waals surface area contributed by atoms with Gasteiger partial charge < -0.3 is 5.32 Å². The van der Waals surface area contributed by atoms with Gasteiger partial charge in [0.2, 0.25) is 11.8 Å². The van der Waals surface area contributed by atoms with E-state index in [1.54, 1.807) is 22.3 Å². The molecular weight excluding hydrogens is 366 g/mol. The maximum atomic E-state index is 12.0. The van der Waals surface area contributed by atoms with Gasteiger partial charge in [-0.15, -0.1) is 22.7 Å². The van der Waals surface area contributed by atoms with E-state index in [4.69, 9.17) is 0 Å². The molecule has 3 aromatic rings. The minimum absolute atomic E-state index is 0.116. The van der Waals surface area contributed by atoms with Crippen LogP contribution in [0.1, 0.15) is 17.5 Å². The fourth-order valence-electron chi connectivity index (χ4n) is 2.27. The van der Waals surface area contributed by atoms with Crippen molar-refractivity contribution < 1.29 is 9.59 Å². The van der Waals surface area contributed by atoms with Crippen molar-refractivity contribution in [2.75, 3.05) is 4.90 Å². The average Bonchev–Trinajstić information content (AvgIpc) is 3.31. The molecule has 0 fully saturated rings. The number of benzene rings is 1. The third-order valence-electron chi connectivity index (χ3n) is 3.45. The molecule has 0 aliphatic heterocycles. The third-order valence-corrected chi connectivity index (χ3v) is 5.17. The van der Waals surface area contributed by atoms with E-state index < -0.39 is 0 Å². The van der Waals surface area contributed by atoms with E-state index in [1.807, 2.05) is 53.2 Å². The second kappa shape index (κ2) is 8.55. The number of thiazole rings is 1. The maximum absolute atomic E-state index is 12.0. The van der Waals surface area contributed by atoms with Crippen LogP contribution in [0.5, 0.6) is 0 Å². The molecule has 2 aromatic heterocycles. The molecule has 2 amide bonds. The summed E-state index contributed by atoms with van der Waals surface area (Å²) in [7, 11) is 0. The summed E-state index contributed by atoms with van der Waals surface area (Å²) in [4.78, 5) is 31.0. The molecule has 0 radical (unpaired) electrons. The van der Waals surface area contributed by atoms with Crippen LogP contribution < -0.4 is 10.2 Å². The molecule has 1 N–H and O–H groups in total. The molecule has 7 heteroatoms. The van der Waals surface area contributed by atoms with E-state index in [0.717, 1.165) is 10.6 Å². The Kier molecular flexibility index (Phi) is 5.93. The van der Waals surface area contributed by atoms with Gasteiger partial charge in [-0.05, 0) is 29.7 Å². The molecular formula is C19H17N3O2S2. The Morgan fingerprint density at radius 1 is 1.15 bits per heavy atom. The first kappa shape index (κ1) is 18.0. The Balaban J connectivity index is 1.66. The number of nitrogens with one attached hydrogen (secondary N) is 1. The van der Waals surface area contributed by atoms with Crippen molar-refractivity contribution >= 4 is 51.4 Å². The molecule has 26 heavy (non-hydrogen) atoms. The van der Waals surface area contributed by atoms with E-state index in [1.165, 1.54) is 24.3 Å². The molecule has 0 atom stereocenters. The van der Waals surface area contributed by atoms with E-state index in [2.05, 4.69) is 10.3 Å². The fraction of sp³-hybridized carbons (Fsp3) is 0.105. The molecule has 0 bridgehead atoms. The molecule has 132 valence electrons. The number of rotatable bonds is 6. The van der Waals surface area contributed by atoms with Gasteiger partial charge in [0.05, 0.1) is 17.9 Å². The van der Waals surface area contributed by atoms with Gasteiger partial charge in [-0.2, -0.15) is 0 Å². The molecule has 0 aliphatic rings. The van der Waals surface area contributed by atoms with E-state index in [-0.39, 0.29) is 11.8 Å². The number of carbonyl (C=O) groups excluding carboxylic acids is 2. The first-order valence-electron chi connectivity index (χ1n) is 7.93. The molecule has 0 unspecified atom stereocenters. The van der Waals surface area contributed by atoms with E-state index in [9.17, 15) is 9.59 Å². The van der Waals surface area contributed by atoms with Crippen LogP contribution in [0.2, 0.25) is 0 Å². The fourth-order valence-corrected chi connectivity index (χ4v) is 3.77. The third kappa shape index (κ3) is 4.65. The van der Waals surface area contributed by atoms with Gasteiger partial charge in [-0.1, -0.05) is 24.3 Å². The number of aromatic nitrogens is 1. The summed E-state index contributed by atoms with van der Waals surface area (Å²) >= 11 is 2.96. The quantitative estimate of drug-likeness (QED) is 0.648. The van der Waals surface area contributed by atoms with Crippen LogP contribution in [0.3, 0.4) is 0 Å². The van der Waals surface area contributed by atoms with Crippen LogP contribution >= 0.6 is 22.7 Å². The van der Waals surface area contributed by atoms with Gasteiger partial charge in [-0.3, -0.25) is 14.5 Å². The number of hydrogen-bond acceptors (Lipinski definition) is 5. The van der Waals surface area contributed by atoms with Gasteiger partial charge in [0.25, 0.3) is 0 Å². The highest BCUT2D eigenvalue weighted by molar-refractivity contribution is 7.14. The summed E-state index contributed by atoms with van der Waals surface area (Å²) in [6.45, 7) is 2.01. The molecule has 0 saturated carbocycles. The van der Waals surface area contributed by atoms with Crippen molar-refractivity contribution in [1.29, 1.82) is 0 Å². The summed E-state index contributed by atoms with van der Waals surface area (Å²) in [5.41, 5.74) is 1.40. The number of amides is 2. The SMILES string of the molecule is CC(=O)N(c1ccccc1)c1nc(/C=C/C(=O)NCc2cccs2)cs1. The number of carbonyl (C=O) groups is 2. The smallest absolute Gasteiger partial charge is 0.244 e. The lowest BCUT2D eigenvalue weighted by Gasteiger charge is -2.17. The van der Waals surface area contributed by atoms with Crippen LogP contribution in [-0.2, 0) is 16.1 Å². The lowest BCUT2D eigenvalue weighted by molar-refractivity contribution is -0.117. The topological polar surface area (TPSA) is 62.3 Å². The zero-order chi connectivity index (χ0) is 18.4. The number of nitrogens with zero attached hydrogens (tertiary/aromatic N) is 2. The van der Waals surface area contributed by atoms with Crippen LogP contribution in [0.25, 0.3) is 6.08 Å². The molecule has 0 saturated heterocycles. The molecule has 0 spiro atoms. The predicted molar refractivity (Wildman–Crippen MR) is 107 cm³/mol. The minimum Gasteiger partial charge on any atom is -0.348 e. The molecule has 0 aliphatic carbocycles.